The van der Waals surface area contributed by atoms with E-state index in [0.29, 0.717) is 18.0 Å². The van der Waals surface area contributed by atoms with Gasteiger partial charge in [-0.3, -0.25) is 4.57 Å². The number of H-pyrrole nitrogens is 1. The van der Waals surface area contributed by atoms with Gasteiger partial charge < -0.3 is 39.8 Å². The number of rotatable bonds is 12. The largest absolute Gasteiger partial charge is 0.457 e. The summed E-state index contributed by atoms with van der Waals surface area (Å²) in [5, 5.41) is 15.6. The molecule has 0 spiro atoms. The van der Waals surface area contributed by atoms with Crippen molar-refractivity contribution in [3.05, 3.63) is 184 Å². The van der Waals surface area contributed by atoms with E-state index in [2.05, 4.69) is 57.8 Å². The molecule has 1 aromatic heterocycles. The minimum Gasteiger partial charge on any atom is -0.457 e. The summed E-state index contributed by atoms with van der Waals surface area (Å²) in [5.74, 6) is 1.47. The highest BCUT2D eigenvalue weighted by atomic mass is 16.7. The van der Waals surface area contributed by atoms with Gasteiger partial charge in [0, 0.05) is 49.4 Å². The molecule has 316 valence electrons. The fourth-order valence-electron chi connectivity index (χ4n) is 8.74. The Morgan fingerprint density at radius 3 is 2.21 bits per heavy atom. The summed E-state index contributed by atoms with van der Waals surface area (Å²) in [6.45, 7) is 4.95. The van der Waals surface area contributed by atoms with Crippen LogP contribution in [0, 0.1) is 5.92 Å². The molecule has 2 aliphatic heterocycles. The van der Waals surface area contributed by atoms with E-state index >= 15 is 0 Å². The van der Waals surface area contributed by atoms with Crippen LogP contribution in [-0.4, -0.2) is 51.3 Å². The van der Waals surface area contributed by atoms with Gasteiger partial charge in [0.1, 0.15) is 11.5 Å². The van der Waals surface area contributed by atoms with Gasteiger partial charge in [0.25, 0.3) is 0 Å². The molecule has 6 aromatic carbocycles. The third-order valence-electron chi connectivity index (χ3n) is 12.1. The van der Waals surface area contributed by atoms with Gasteiger partial charge in [-0.05, 0) is 89.2 Å². The molecule has 0 saturated carbocycles. The molecule has 0 radical (unpaired) electrons. The van der Waals surface area contributed by atoms with Crippen LogP contribution in [0.15, 0.2) is 156 Å². The van der Waals surface area contributed by atoms with E-state index in [-0.39, 0.29) is 42.5 Å². The van der Waals surface area contributed by atoms with E-state index in [1.54, 1.807) is 0 Å². The third kappa shape index (κ3) is 9.21. The number of benzene rings is 6. The number of carbonyl (C=O) groups is 1. The number of nitrogens with zero attached hydrogens (tertiary/aromatic N) is 2. The fourth-order valence-corrected chi connectivity index (χ4v) is 8.74. The molecule has 7 aromatic rings. The fraction of sp³-hybridized carbons (Fsp3) is 0.255. The highest BCUT2D eigenvalue weighted by Crippen LogP contribution is 2.42. The smallest absolute Gasteiger partial charge is 0.326 e. The summed E-state index contributed by atoms with van der Waals surface area (Å²) >= 11 is 0. The van der Waals surface area contributed by atoms with Crippen molar-refractivity contribution >= 4 is 22.8 Å². The van der Waals surface area contributed by atoms with Gasteiger partial charge in [0.15, 0.2) is 6.29 Å². The van der Waals surface area contributed by atoms with Crippen LogP contribution in [0.4, 0.5) is 10.5 Å². The topological polar surface area (TPSA) is 130 Å². The molecule has 2 saturated heterocycles. The van der Waals surface area contributed by atoms with Crippen molar-refractivity contribution < 1.29 is 24.1 Å². The number of urea groups is 1. The SMILES string of the molecule is C[C@@H]1[C@H](CN2CCC(n3c(=O)[nH]c4ccccc43)CC2)O[C@H](c2ccc(-c3ccccc3CNC(=O)Nc3ccc(Oc4ccccc4)cc3)cc2)O[C@@H]1c1ccc(CO)cc1. The Kier molecular flexibility index (Phi) is 12.3. The molecular weight excluding hydrogens is 779 g/mol. The number of para-hydroxylation sites is 3. The maximum atomic E-state index is 13.0. The van der Waals surface area contributed by atoms with Crippen LogP contribution in [0.25, 0.3) is 22.2 Å². The van der Waals surface area contributed by atoms with Gasteiger partial charge in [-0.25, -0.2) is 9.59 Å². The summed E-state index contributed by atoms with van der Waals surface area (Å²) in [6, 6.07) is 48.9. The predicted molar refractivity (Wildman–Crippen MR) is 241 cm³/mol. The zero-order valence-electron chi connectivity index (χ0n) is 34.7. The number of anilines is 1. The molecule has 62 heavy (non-hydrogen) atoms. The highest BCUT2D eigenvalue weighted by molar-refractivity contribution is 5.89. The van der Waals surface area contributed by atoms with Gasteiger partial charge in [0.2, 0.25) is 0 Å². The molecule has 3 heterocycles. The molecule has 0 unspecified atom stereocenters. The number of hydrogen-bond acceptors (Lipinski definition) is 7. The molecule has 11 heteroatoms. The number of aromatic amines is 1. The van der Waals surface area contributed by atoms with E-state index in [0.717, 1.165) is 82.6 Å². The van der Waals surface area contributed by atoms with Crippen molar-refractivity contribution in [2.24, 2.45) is 5.92 Å². The van der Waals surface area contributed by atoms with E-state index < -0.39 is 6.29 Å². The van der Waals surface area contributed by atoms with Crippen molar-refractivity contribution in [3.63, 3.8) is 0 Å². The quantitative estimate of drug-likeness (QED) is 0.0965. The van der Waals surface area contributed by atoms with Crippen molar-refractivity contribution in [2.75, 3.05) is 25.0 Å². The Labute approximate surface area is 360 Å². The van der Waals surface area contributed by atoms with Crippen molar-refractivity contribution in [2.45, 2.75) is 57.5 Å². The molecule has 4 N–H and O–H groups in total. The number of aromatic nitrogens is 2. The van der Waals surface area contributed by atoms with Crippen molar-refractivity contribution in [3.8, 4) is 22.6 Å². The van der Waals surface area contributed by atoms with Gasteiger partial charge >= 0.3 is 11.7 Å². The zero-order chi connectivity index (χ0) is 42.4. The zero-order valence-corrected chi connectivity index (χ0v) is 34.7. The molecule has 11 nitrogen and oxygen atoms in total. The summed E-state index contributed by atoms with van der Waals surface area (Å²) in [4.78, 5) is 31.4. The van der Waals surface area contributed by atoms with Crippen LogP contribution < -0.4 is 21.1 Å². The number of fused-ring (bicyclic) bond motifs is 1. The Morgan fingerprint density at radius 1 is 0.774 bits per heavy atom. The summed E-state index contributed by atoms with van der Waals surface area (Å²) < 4.78 is 21.4. The number of piperidine rings is 1. The molecule has 2 aliphatic rings. The first-order chi connectivity index (χ1) is 30.4. The second-order valence-corrected chi connectivity index (χ2v) is 16.2. The Bertz CT molecular complexity index is 2640. The number of hydrogen-bond donors (Lipinski definition) is 4. The second-order valence-electron chi connectivity index (χ2n) is 16.2. The third-order valence-corrected chi connectivity index (χ3v) is 12.1. The van der Waals surface area contributed by atoms with E-state index in [1.807, 2.05) is 126 Å². The highest BCUT2D eigenvalue weighted by Gasteiger charge is 2.39. The number of carbonyl (C=O) groups excluding carboxylic acids is 1. The van der Waals surface area contributed by atoms with Crippen LogP contribution in [-0.2, 0) is 22.6 Å². The molecule has 2 amide bonds. The van der Waals surface area contributed by atoms with E-state index in [9.17, 15) is 14.7 Å². The lowest BCUT2D eigenvalue weighted by molar-refractivity contribution is -0.276. The number of aliphatic hydroxyl groups excluding tert-OH is 1. The predicted octanol–water partition coefficient (Wildman–Crippen LogP) is 9.73. The number of aliphatic hydroxyl groups is 1. The number of nitrogens with one attached hydrogen (secondary N) is 3. The Morgan fingerprint density at radius 2 is 1.45 bits per heavy atom. The first-order valence-corrected chi connectivity index (χ1v) is 21.4. The molecule has 9 rings (SSSR count). The van der Waals surface area contributed by atoms with Crippen LogP contribution in [0.1, 0.15) is 60.5 Å². The first-order valence-electron chi connectivity index (χ1n) is 21.4. The van der Waals surface area contributed by atoms with Crippen molar-refractivity contribution in [1.82, 2.24) is 19.8 Å². The second kappa shape index (κ2) is 18.6. The number of imidazole rings is 1. The minimum absolute atomic E-state index is 0.0183. The van der Waals surface area contributed by atoms with Crippen LogP contribution in [0.2, 0.25) is 0 Å². The Balaban J connectivity index is 0.862. The first kappa shape index (κ1) is 40.9. The maximum Gasteiger partial charge on any atom is 0.326 e. The van der Waals surface area contributed by atoms with Gasteiger partial charge in [-0.1, -0.05) is 110 Å². The standard InChI is InChI=1S/C51H51N5O6/c1-34-47(32-55-29-27-41(28-30-55)56-46-14-8-7-13-45(46)54-51(56)59)61-49(62-48(34)37-17-15-35(33-57)16-18-37)38-21-19-36(20-22-38)44-12-6-5-9-39(44)31-52-50(58)53-40-23-25-43(26-24-40)60-42-10-3-2-4-11-42/h2-26,34,41,47-49,57H,27-33H2,1H3,(H,54,59)(H2,52,53,58)/t34-,47+,48+,49+/m1/s1. The molecule has 0 bridgehead atoms. The van der Waals surface area contributed by atoms with Gasteiger partial charge in [-0.15, -0.1) is 0 Å². The minimum atomic E-state index is -0.602. The molecule has 0 aliphatic carbocycles. The summed E-state index contributed by atoms with van der Waals surface area (Å²) in [6.07, 6.45) is 0.789. The van der Waals surface area contributed by atoms with E-state index in [4.69, 9.17) is 14.2 Å². The number of ether oxygens (including phenoxy) is 3. The Hall–Kier alpha value is -6.50. The average molecular weight is 830 g/mol. The monoisotopic (exact) mass is 829 g/mol. The lowest BCUT2D eigenvalue weighted by Gasteiger charge is -2.44. The van der Waals surface area contributed by atoms with Crippen LogP contribution in [0.5, 0.6) is 11.5 Å². The lowest BCUT2D eigenvalue weighted by Crippen LogP contribution is -2.47. The number of amides is 2. The summed E-state index contributed by atoms with van der Waals surface area (Å²) in [5.41, 5.74) is 8.24. The average Bonchev–Trinajstić information content (AvgIpc) is 3.66. The van der Waals surface area contributed by atoms with Gasteiger partial charge in [0.05, 0.1) is 29.8 Å². The van der Waals surface area contributed by atoms with E-state index in [1.165, 1.54) is 0 Å². The van der Waals surface area contributed by atoms with Gasteiger partial charge in [-0.2, -0.15) is 0 Å². The number of likely N-dealkylation sites (tertiary alicyclic amines) is 1. The van der Waals surface area contributed by atoms with Crippen LogP contribution in [0.3, 0.4) is 0 Å². The normalized spacial score (nSPS) is 19.6. The summed E-state index contributed by atoms with van der Waals surface area (Å²) in [7, 11) is 0. The maximum absolute atomic E-state index is 13.0. The van der Waals surface area contributed by atoms with Crippen LogP contribution >= 0.6 is 0 Å². The lowest BCUT2D eigenvalue weighted by atomic mass is 9.89. The van der Waals surface area contributed by atoms with Crippen molar-refractivity contribution in [1.29, 1.82) is 0 Å². The molecule has 2 fully saturated rings. The molecule has 4 atom stereocenters. The molecular formula is C51H51N5O6.